The first-order chi connectivity index (χ1) is 15.3. The second-order valence-electron chi connectivity index (χ2n) is 6.67. The number of halogens is 1. The average molecular weight is 473 g/mol. The van der Waals surface area contributed by atoms with Crippen LogP contribution in [0.3, 0.4) is 0 Å². The molecule has 1 amide bonds. The van der Waals surface area contributed by atoms with Gasteiger partial charge in [-0.2, -0.15) is 0 Å². The van der Waals surface area contributed by atoms with E-state index in [1.165, 1.54) is 53.9 Å². The Balaban J connectivity index is 1.91. The number of hydrogen-bond donors (Lipinski definition) is 1. The first kappa shape index (κ1) is 23.3. The van der Waals surface area contributed by atoms with Gasteiger partial charge in [0.05, 0.1) is 34.0 Å². The normalized spacial score (nSPS) is 11.0. The molecule has 3 rings (SSSR count). The maximum atomic E-state index is 13.2. The van der Waals surface area contributed by atoms with Crippen LogP contribution in [0, 0.1) is 0 Å². The van der Waals surface area contributed by atoms with Crippen LogP contribution in [-0.4, -0.2) is 33.9 Å². The van der Waals surface area contributed by atoms with Crippen LogP contribution in [0.15, 0.2) is 77.7 Å². The van der Waals surface area contributed by atoms with E-state index in [1.54, 1.807) is 37.3 Å². The van der Waals surface area contributed by atoms with Crippen LogP contribution in [0.5, 0.6) is 0 Å². The fraction of sp³-hybridized carbons (Fsp3) is 0.130. The maximum absolute atomic E-state index is 13.2. The van der Waals surface area contributed by atoms with Crippen LogP contribution < -0.4 is 9.62 Å². The smallest absolute Gasteiger partial charge is 0.337 e. The molecule has 0 bridgehead atoms. The lowest BCUT2D eigenvalue weighted by molar-refractivity contribution is 0.0600. The molecule has 3 aromatic carbocycles. The van der Waals surface area contributed by atoms with Crippen molar-refractivity contribution in [2.24, 2.45) is 0 Å². The van der Waals surface area contributed by atoms with Gasteiger partial charge in [-0.3, -0.25) is 9.10 Å². The third-order valence-electron chi connectivity index (χ3n) is 4.65. The number of anilines is 2. The van der Waals surface area contributed by atoms with Gasteiger partial charge in [-0.15, -0.1) is 0 Å². The zero-order valence-electron chi connectivity index (χ0n) is 17.4. The van der Waals surface area contributed by atoms with Gasteiger partial charge in [-0.25, -0.2) is 13.2 Å². The molecule has 0 aliphatic rings. The third kappa shape index (κ3) is 4.92. The van der Waals surface area contributed by atoms with E-state index in [0.717, 1.165) is 0 Å². The van der Waals surface area contributed by atoms with E-state index in [9.17, 15) is 18.0 Å². The van der Waals surface area contributed by atoms with Crippen molar-refractivity contribution in [2.45, 2.75) is 11.8 Å². The Morgan fingerprint density at radius 1 is 0.969 bits per heavy atom. The van der Waals surface area contributed by atoms with Crippen LogP contribution in [0.1, 0.15) is 27.6 Å². The van der Waals surface area contributed by atoms with Crippen molar-refractivity contribution in [2.75, 3.05) is 23.3 Å². The molecule has 7 nitrogen and oxygen atoms in total. The molecule has 3 aromatic rings. The zero-order chi connectivity index (χ0) is 23.3. The van der Waals surface area contributed by atoms with Crippen LogP contribution >= 0.6 is 11.6 Å². The van der Waals surface area contributed by atoms with Crippen molar-refractivity contribution >= 4 is 44.9 Å². The third-order valence-corrected chi connectivity index (χ3v) is 6.88. The van der Waals surface area contributed by atoms with Crippen LogP contribution in [0.2, 0.25) is 5.02 Å². The molecule has 0 aromatic heterocycles. The summed E-state index contributed by atoms with van der Waals surface area (Å²) in [5.74, 6) is -1.15. The summed E-state index contributed by atoms with van der Waals surface area (Å²) >= 11 is 6.14. The van der Waals surface area contributed by atoms with E-state index in [1.807, 2.05) is 0 Å². The van der Waals surface area contributed by atoms with Gasteiger partial charge in [0.25, 0.3) is 15.9 Å². The molecule has 0 aliphatic heterocycles. The molecule has 0 unspecified atom stereocenters. The minimum Gasteiger partial charge on any atom is -0.465 e. The first-order valence-electron chi connectivity index (χ1n) is 9.65. The number of sulfonamides is 1. The van der Waals surface area contributed by atoms with Crippen LogP contribution in [0.25, 0.3) is 0 Å². The lowest BCUT2D eigenvalue weighted by atomic mass is 10.1. The lowest BCUT2D eigenvalue weighted by Gasteiger charge is -2.23. The molecule has 0 atom stereocenters. The number of benzene rings is 3. The van der Waals surface area contributed by atoms with Crippen molar-refractivity contribution in [1.29, 1.82) is 0 Å². The number of amides is 1. The molecule has 9 heteroatoms. The summed E-state index contributed by atoms with van der Waals surface area (Å²) < 4.78 is 32.4. The van der Waals surface area contributed by atoms with E-state index >= 15 is 0 Å². The molecule has 166 valence electrons. The van der Waals surface area contributed by atoms with E-state index in [2.05, 4.69) is 10.1 Å². The molecule has 0 aliphatic carbocycles. The maximum Gasteiger partial charge on any atom is 0.337 e. The summed E-state index contributed by atoms with van der Waals surface area (Å²) in [5, 5.41) is 2.83. The van der Waals surface area contributed by atoms with Gasteiger partial charge in [-0.05, 0) is 55.5 Å². The van der Waals surface area contributed by atoms with Gasteiger partial charge < -0.3 is 10.1 Å². The average Bonchev–Trinajstić information content (AvgIpc) is 2.81. The van der Waals surface area contributed by atoms with E-state index in [0.29, 0.717) is 5.69 Å². The molecule has 0 radical (unpaired) electrons. The highest BCUT2D eigenvalue weighted by molar-refractivity contribution is 7.92. The second kappa shape index (κ2) is 9.84. The van der Waals surface area contributed by atoms with Gasteiger partial charge in [0.15, 0.2) is 0 Å². The number of hydrogen-bond acceptors (Lipinski definition) is 5. The van der Waals surface area contributed by atoms with Crippen LogP contribution in [0.4, 0.5) is 11.4 Å². The van der Waals surface area contributed by atoms with E-state index in [-0.39, 0.29) is 33.3 Å². The highest BCUT2D eigenvalue weighted by Gasteiger charge is 2.24. The lowest BCUT2D eigenvalue weighted by Crippen LogP contribution is -2.31. The summed E-state index contributed by atoms with van der Waals surface area (Å²) in [5.41, 5.74) is 1.06. The summed E-state index contributed by atoms with van der Waals surface area (Å²) in [6.07, 6.45) is 0. The summed E-state index contributed by atoms with van der Waals surface area (Å²) in [7, 11) is -2.65. The number of esters is 1. The highest BCUT2D eigenvalue weighted by atomic mass is 35.5. The fourth-order valence-corrected chi connectivity index (χ4v) is 4.76. The minimum atomic E-state index is -3.90. The van der Waals surface area contributed by atoms with Gasteiger partial charge >= 0.3 is 5.97 Å². The number of methoxy groups -OCH3 is 1. The number of carbonyl (C=O) groups is 2. The molecule has 0 saturated heterocycles. The van der Waals surface area contributed by atoms with E-state index < -0.39 is 21.9 Å². The van der Waals surface area contributed by atoms with Crippen molar-refractivity contribution in [3.63, 3.8) is 0 Å². The topological polar surface area (TPSA) is 92.8 Å². The number of para-hydroxylation sites is 1. The predicted molar refractivity (Wildman–Crippen MR) is 124 cm³/mol. The molecular weight excluding hydrogens is 452 g/mol. The Kier molecular flexibility index (Phi) is 7.17. The zero-order valence-corrected chi connectivity index (χ0v) is 19.0. The number of ether oxygens (including phenoxy) is 1. The highest BCUT2D eigenvalue weighted by Crippen LogP contribution is 2.26. The second-order valence-corrected chi connectivity index (χ2v) is 8.94. The van der Waals surface area contributed by atoms with Gasteiger partial charge in [0, 0.05) is 12.1 Å². The Hall–Kier alpha value is -3.36. The Morgan fingerprint density at radius 3 is 2.34 bits per heavy atom. The molecule has 32 heavy (non-hydrogen) atoms. The predicted octanol–water partition coefficient (Wildman–Crippen LogP) is 4.59. The number of rotatable bonds is 7. The number of carbonyl (C=O) groups excluding carboxylic acids is 2. The van der Waals surface area contributed by atoms with Gasteiger partial charge in [-0.1, -0.05) is 35.9 Å². The fourth-order valence-electron chi connectivity index (χ4n) is 3.07. The van der Waals surface area contributed by atoms with Gasteiger partial charge in [0.2, 0.25) is 0 Å². The number of nitrogens with one attached hydrogen (secondary N) is 1. The standard InChI is InChI=1S/C23H21ClN2O5S/c1-3-26(18-9-5-4-6-10-18)32(29,30)19-11-7-8-16(14-19)22(27)25-21-15-17(23(28)31-2)12-13-20(21)24/h4-15H,3H2,1-2H3,(H,25,27). The molecule has 0 heterocycles. The van der Waals surface area contributed by atoms with Crippen LogP contribution in [-0.2, 0) is 14.8 Å². The molecule has 0 fully saturated rings. The molecule has 0 saturated carbocycles. The first-order valence-corrected chi connectivity index (χ1v) is 11.5. The van der Waals surface area contributed by atoms with E-state index in [4.69, 9.17) is 11.6 Å². The molecule has 1 N–H and O–H groups in total. The summed E-state index contributed by atoms with van der Waals surface area (Å²) in [6, 6.07) is 18.8. The van der Waals surface area contributed by atoms with Gasteiger partial charge in [0.1, 0.15) is 0 Å². The Morgan fingerprint density at radius 2 is 1.69 bits per heavy atom. The quantitative estimate of drug-likeness (QED) is 0.507. The monoisotopic (exact) mass is 472 g/mol. The van der Waals surface area contributed by atoms with Crippen molar-refractivity contribution in [3.8, 4) is 0 Å². The Bertz CT molecular complexity index is 1250. The minimum absolute atomic E-state index is 0.0229. The van der Waals surface area contributed by atoms with Crippen molar-refractivity contribution < 1.29 is 22.7 Å². The largest absolute Gasteiger partial charge is 0.465 e. The van der Waals surface area contributed by atoms with Crippen molar-refractivity contribution in [1.82, 2.24) is 0 Å². The Labute approximate surface area is 191 Å². The number of nitrogens with zero attached hydrogens (tertiary/aromatic N) is 1. The summed E-state index contributed by atoms with van der Waals surface area (Å²) in [4.78, 5) is 24.5. The van der Waals surface area contributed by atoms with Crippen molar-refractivity contribution in [3.05, 3.63) is 88.9 Å². The summed E-state index contributed by atoms with van der Waals surface area (Å²) in [6.45, 7) is 1.95. The molecular formula is C23H21ClN2O5S. The molecule has 0 spiro atoms. The SMILES string of the molecule is CCN(c1ccccc1)S(=O)(=O)c1cccc(C(=O)Nc2cc(C(=O)OC)ccc2Cl)c1.